The first-order valence-corrected chi connectivity index (χ1v) is 4.85. The molecular weight excluding hydrogens is 213 g/mol. The van der Waals surface area contributed by atoms with Crippen molar-refractivity contribution in [3.63, 3.8) is 0 Å². The van der Waals surface area contributed by atoms with E-state index in [-0.39, 0.29) is 24.3 Å². The van der Waals surface area contributed by atoms with E-state index in [9.17, 15) is 14.3 Å². The standard InChI is InChI=1S/C11H14FNO3/c1-16-11(15)8-6-7(2-3-10(8)14)9(12)4-5-13/h2-3,6,9,14H,4-5,13H2,1H3. The van der Waals surface area contributed by atoms with Gasteiger partial charge in [0, 0.05) is 0 Å². The molecule has 1 aromatic rings. The Labute approximate surface area is 92.8 Å². The molecule has 0 spiro atoms. The molecule has 0 aliphatic rings. The van der Waals surface area contributed by atoms with Crippen molar-refractivity contribution in [1.29, 1.82) is 0 Å². The molecule has 0 radical (unpaired) electrons. The van der Waals surface area contributed by atoms with Crippen LogP contribution in [0.3, 0.4) is 0 Å². The summed E-state index contributed by atoms with van der Waals surface area (Å²) in [6.45, 7) is 0.218. The average molecular weight is 227 g/mol. The zero-order chi connectivity index (χ0) is 12.1. The fourth-order valence-corrected chi connectivity index (χ4v) is 1.33. The highest BCUT2D eigenvalue weighted by molar-refractivity contribution is 5.92. The highest BCUT2D eigenvalue weighted by Crippen LogP contribution is 2.26. The van der Waals surface area contributed by atoms with Crippen LogP contribution in [0.5, 0.6) is 5.75 Å². The molecule has 0 heterocycles. The first kappa shape index (κ1) is 12.4. The zero-order valence-corrected chi connectivity index (χ0v) is 8.94. The van der Waals surface area contributed by atoms with Crippen LogP contribution in [-0.2, 0) is 4.74 Å². The second-order valence-corrected chi connectivity index (χ2v) is 3.31. The van der Waals surface area contributed by atoms with Gasteiger partial charge in [0.25, 0.3) is 0 Å². The normalized spacial score (nSPS) is 12.2. The molecule has 0 bridgehead atoms. The number of methoxy groups -OCH3 is 1. The first-order valence-electron chi connectivity index (χ1n) is 4.85. The molecule has 1 aromatic carbocycles. The van der Waals surface area contributed by atoms with E-state index in [1.807, 2.05) is 0 Å². The van der Waals surface area contributed by atoms with E-state index in [2.05, 4.69) is 4.74 Å². The number of hydrogen-bond donors (Lipinski definition) is 2. The van der Waals surface area contributed by atoms with Crippen LogP contribution >= 0.6 is 0 Å². The van der Waals surface area contributed by atoms with Crippen molar-refractivity contribution in [2.24, 2.45) is 5.73 Å². The number of hydrogen-bond acceptors (Lipinski definition) is 4. The van der Waals surface area contributed by atoms with Gasteiger partial charge in [0.15, 0.2) is 0 Å². The van der Waals surface area contributed by atoms with Crippen molar-refractivity contribution in [2.45, 2.75) is 12.6 Å². The van der Waals surface area contributed by atoms with Crippen LogP contribution in [0.2, 0.25) is 0 Å². The number of phenols is 1. The number of carbonyl (C=O) groups excluding carboxylic acids is 1. The Morgan fingerprint density at radius 2 is 2.31 bits per heavy atom. The molecule has 0 saturated carbocycles. The molecule has 0 aromatic heterocycles. The number of aromatic hydroxyl groups is 1. The van der Waals surface area contributed by atoms with Crippen LogP contribution in [0, 0.1) is 0 Å². The summed E-state index contributed by atoms with van der Waals surface area (Å²) in [5, 5.41) is 9.40. The molecule has 0 aliphatic carbocycles. The van der Waals surface area contributed by atoms with Crippen LogP contribution < -0.4 is 5.73 Å². The van der Waals surface area contributed by atoms with Gasteiger partial charge in [-0.1, -0.05) is 6.07 Å². The summed E-state index contributed by atoms with van der Waals surface area (Å²) in [4.78, 5) is 11.2. The molecule has 0 amide bonds. The van der Waals surface area contributed by atoms with Crippen molar-refractivity contribution in [3.8, 4) is 5.75 Å². The molecule has 0 fully saturated rings. The monoisotopic (exact) mass is 227 g/mol. The fourth-order valence-electron chi connectivity index (χ4n) is 1.33. The minimum absolute atomic E-state index is 0.0420. The van der Waals surface area contributed by atoms with Gasteiger partial charge in [0.1, 0.15) is 17.5 Å². The number of alkyl halides is 1. The van der Waals surface area contributed by atoms with Crippen LogP contribution in [-0.4, -0.2) is 24.7 Å². The predicted molar refractivity (Wildman–Crippen MR) is 57.0 cm³/mol. The number of rotatable bonds is 4. The Hall–Kier alpha value is -1.62. The minimum atomic E-state index is -1.24. The van der Waals surface area contributed by atoms with Crippen LogP contribution in [0.1, 0.15) is 28.5 Å². The smallest absolute Gasteiger partial charge is 0.341 e. The lowest BCUT2D eigenvalue weighted by molar-refractivity contribution is 0.0597. The Morgan fingerprint density at radius 3 is 2.88 bits per heavy atom. The van der Waals surface area contributed by atoms with E-state index in [1.54, 1.807) is 0 Å². The van der Waals surface area contributed by atoms with Crippen molar-refractivity contribution in [1.82, 2.24) is 0 Å². The van der Waals surface area contributed by atoms with Crippen molar-refractivity contribution >= 4 is 5.97 Å². The summed E-state index contributed by atoms with van der Waals surface area (Å²) in [5.41, 5.74) is 5.51. The molecule has 0 saturated heterocycles. The van der Waals surface area contributed by atoms with Gasteiger partial charge in [-0.3, -0.25) is 0 Å². The van der Waals surface area contributed by atoms with E-state index in [1.165, 1.54) is 25.3 Å². The Morgan fingerprint density at radius 1 is 1.62 bits per heavy atom. The highest BCUT2D eigenvalue weighted by atomic mass is 19.1. The summed E-state index contributed by atoms with van der Waals surface area (Å²) in [6.07, 6.45) is -1.07. The Kier molecular flexibility index (Phi) is 4.25. The molecule has 1 atom stereocenters. The summed E-state index contributed by atoms with van der Waals surface area (Å²) in [7, 11) is 1.20. The van der Waals surface area contributed by atoms with Crippen molar-refractivity contribution < 1.29 is 19.0 Å². The lowest BCUT2D eigenvalue weighted by atomic mass is 10.0. The molecule has 3 N–H and O–H groups in total. The van der Waals surface area contributed by atoms with Gasteiger partial charge in [0.2, 0.25) is 0 Å². The van der Waals surface area contributed by atoms with E-state index in [0.717, 1.165) is 0 Å². The number of carbonyl (C=O) groups is 1. The molecule has 1 unspecified atom stereocenters. The summed E-state index contributed by atoms with van der Waals surface area (Å²) in [5.74, 6) is -0.921. The number of nitrogens with two attached hydrogens (primary N) is 1. The highest BCUT2D eigenvalue weighted by Gasteiger charge is 2.16. The summed E-state index contributed by atoms with van der Waals surface area (Å²) < 4.78 is 18.0. The number of esters is 1. The molecule has 4 nitrogen and oxygen atoms in total. The summed E-state index contributed by atoms with van der Waals surface area (Å²) >= 11 is 0. The number of phenolic OH excluding ortho intramolecular Hbond substituents is 1. The van der Waals surface area contributed by atoms with Gasteiger partial charge in [-0.15, -0.1) is 0 Å². The molecule has 0 aliphatic heterocycles. The van der Waals surface area contributed by atoms with Crippen LogP contribution in [0.25, 0.3) is 0 Å². The van der Waals surface area contributed by atoms with Crippen LogP contribution in [0.15, 0.2) is 18.2 Å². The molecular formula is C11H14FNO3. The first-order chi connectivity index (χ1) is 7.60. The second kappa shape index (κ2) is 5.46. The van der Waals surface area contributed by atoms with E-state index >= 15 is 0 Å². The van der Waals surface area contributed by atoms with Crippen molar-refractivity contribution in [3.05, 3.63) is 29.3 Å². The van der Waals surface area contributed by atoms with Gasteiger partial charge < -0.3 is 15.6 Å². The lowest BCUT2D eigenvalue weighted by Crippen LogP contribution is -2.06. The van der Waals surface area contributed by atoms with E-state index in [4.69, 9.17) is 5.73 Å². The molecule has 88 valence electrons. The third-order valence-electron chi connectivity index (χ3n) is 2.21. The minimum Gasteiger partial charge on any atom is -0.507 e. The van der Waals surface area contributed by atoms with E-state index in [0.29, 0.717) is 5.56 Å². The van der Waals surface area contributed by atoms with Gasteiger partial charge >= 0.3 is 5.97 Å². The van der Waals surface area contributed by atoms with Gasteiger partial charge in [-0.25, -0.2) is 9.18 Å². The Balaban J connectivity index is 3.02. The quantitative estimate of drug-likeness (QED) is 0.765. The zero-order valence-electron chi connectivity index (χ0n) is 8.94. The fraction of sp³-hybridized carbons (Fsp3) is 0.364. The largest absolute Gasteiger partial charge is 0.507 e. The van der Waals surface area contributed by atoms with Gasteiger partial charge in [-0.2, -0.15) is 0 Å². The predicted octanol–water partition coefficient (Wildman–Crippen LogP) is 1.54. The van der Waals surface area contributed by atoms with E-state index < -0.39 is 12.1 Å². The topological polar surface area (TPSA) is 72.5 Å². The maximum Gasteiger partial charge on any atom is 0.341 e. The number of halogens is 1. The Bertz CT molecular complexity index is 381. The third kappa shape index (κ3) is 2.70. The second-order valence-electron chi connectivity index (χ2n) is 3.31. The molecule has 16 heavy (non-hydrogen) atoms. The van der Waals surface area contributed by atoms with Crippen LogP contribution in [0.4, 0.5) is 4.39 Å². The third-order valence-corrected chi connectivity index (χ3v) is 2.21. The lowest BCUT2D eigenvalue weighted by Gasteiger charge is -2.09. The van der Waals surface area contributed by atoms with Gasteiger partial charge in [0.05, 0.1) is 7.11 Å². The summed E-state index contributed by atoms with van der Waals surface area (Å²) in [6, 6.07) is 3.97. The molecule has 1 rings (SSSR count). The van der Waals surface area contributed by atoms with Gasteiger partial charge in [-0.05, 0) is 30.7 Å². The number of benzene rings is 1. The average Bonchev–Trinajstić information content (AvgIpc) is 2.29. The number of ether oxygens (including phenoxy) is 1. The maximum atomic E-state index is 13.5. The van der Waals surface area contributed by atoms with Crippen molar-refractivity contribution in [2.75, 3.05) is 13.7 Å². The SMILES string of the molecule is COC(=O)c1cc(C(F)CCN)ccc1O. The molecule has 5 heteroatoms. The maximum absolute atomic E-state index is 13.5.